The van der Waals surface area contributed by atoms with Gasteiger partial charge in [-0.3, -0.25) is 9.89 Å². The molecule has 2 N–H and O–H groups in total. The molecule has 0 radical (unpaired) electrons. The molecule has 31 heavy (non-hydrogen) atoms. The molecule has 8 heteroatoms. The van der Waals surface area contributed by atoms with Gasteiger partial charge in [0.05, 0.1) is 6.54 Å². The van der Waals surface area contributed by atoms with Crippen molar-refractivity contribution in [2.75, 3.05) is 68.7 Å². The van der Waals surface area contributed by atoms with Crippen LogP contribution >= 0.6 is 0 Å². The lowest BCUT2D eigenvalue weighted by molar-refractivity contribution is 0.263. The largest absolute Gasteiger partial charge is 0.369 e. The Balaban J connectivity index is 1.21. The zero-order valence-electron chi connectivity index (χ0n) is 18.5. The van der Waals surface area contributed by atoms with Crippen LogP contribution in [0.3, 0.4) is 0 Å². The van der Waals surface area contributed by atoms with Gasteiger partial charge in [0, 0.05) is 76.5 Å². The van der Waals surface area contributed by atoms with E-state index in [0.717, 1.165) is 77.2 Å². The van der Waals surface area contributed by atoms with Crippen LogP contribution in [0.4, 0.5) is 11.6 Å². The van der Waals surface area contributed by atoms with Gasteiger partial charge in [-0.1, -0.05) is 18.2 Å². The number of rotatable bonds is 7. The second-order valence-electron chi connectivity index (χ2n) is 8.05. The van der Waals surface area contributed by atoms with Gasteiger partial charge in [0.2, 0.25) is 5.95 Å². The summed E-state index contributed by atoms with van der Waals surface area (Å²) in [5, 5.41) is 7.04. The molecule has 1 atom stereocenters. The van der Waals surface area contributed by atoms with E-state index < -0.39 is 0 Å². The van der Waals surface area contributed by atoms with Crippen molar-refractivity contribution < 1.29 is 0 Å². The predicted octanol–water partition coefficient (Wildman–Crippen LogP) is 1.43. The first-order valence-corrected chi connectivity index (χ1v) is 11.4. The van der Waals surface area contributed by atoms with Crippen LogP contribution in [0.15, 0.2) is 53.8 Å². The number of hydrogen-bond acceptors (Lipinski definition) is 6. The van der Waals surface area contributed by atoms with E-state index in [4.69, 9.17) is 4.99 Å². The van der Waals surface area contributed by atoms with Crippen molar-refractivity contribution >= 4 is 17.6 Å². The first-order chi connectivity index (χ1) is 15.3. The Morgan fingerprint density at radius 1 is 1.00 bits per heavy atom. The Morgan fingerprint density at radius 3 is 2.52 bits per heavy atom. The molecule has 0 spiro atoms. The van der Waals surface area contributed by atoms with Crippen LogP contribution < -0.4 is 20.4 Å². The Kier molecular flexibility index (Phi) is 7.55. The van der Waals surface area contributed by atoms with Gasteiger partial charge in [-0.15, -0.1) is 0 Å². The normalized spacial score (nSPS) is 20.2. The second-order valence-corrected chi connectivity index (χ2v) is 8.05. The van der Waals surface area contributed by atoms with E-state index >= 15 is 0 Å². The number of piperazine rings is 1. The maximum Gasteiger partial charge on any atom is 0.225 e. The summed E-state index contributed by atoms with van der Waals surface area (Å²) >= 11 is 0. The van der Waals surface area contributed by atoms with E-state index in [1.54, 1.807) is 0 Å². The summed E-state index contributed by atoms with van der Waals surface area (Å²) in [5.74, 6) is 1.76. The maximum absolute atomic E-state index is 4.84. The summed E-state index contributed by atoms with van der Waals surface area (Å²) in [5.41, 5.74) is 1.30. The summed E-state index contributed by atoms with van der Waals surface area (Å²) in [4.78, 5) is 20.7. The topological polar surface area (TPSA) is 71.9 Å². The Hall–Kier alpha value is -2.87. The zero-order chi connectivity index (χ0) is 21.3. The monoisotopic (exact) mass is 422 g/mol. The molecule has 8 nitrogen and oxygen atoms in total. The minimum absolute atomic E-state index is 0.424. The van der Waals surface area contributed by atoms with Crippen molar-refractivity contribution in [2.45, 2.75) is 19.4 Å². The van der Waals surface area contributed by atoms with Gasteiger partial charge in [-0.05, 0) is 31.5 Å². The van der Waals surface area contributed by atoms with Crippen LogP contribution in [-0.4, -0.2) is 85.8 Å². The highest BCUT2D eigenvalue weighted by Crippen LogP contribution is 2.19. The van der Waals surface area contributed by atoms with Gasteiger partial charge in [-0.25, -0.2) is 9.97 Å². The standard InChI is InChI=1S/C23H34N8/c1-2-24-22(28-20-9-13-31(19-20)21-7-4-3-5-8-21)25-12-14-29-15-17-30(18-16-29)23-26-10-6-11-27-23/h3-8,10-11,20H,2,9,12-19H2,1H3,(H2,24,25,28). The molecule has 0 amide bonds. The molecule has 2 aromatic rings. The number of aliphatic imine (C=N–C) groups is 1. The molecule has 0 bridgehead atoms. The summed E-state index contributed by atoms with van der Waals surface area (Å²) < 4.78 is 0. The van der Waals surface area contributed by atoms with Gasteiger partial charge in [-0.2, -0.15) is 0 Å². The van der Waals surface area contributed by atoms with Crippen LogP contribution in [0, 0.1) is 0 Å². The summed E-state index contributed by atoms with van der Waals surface area (Å²) in [6.07, 6.45) is 4.74. The smallest absolute Gasteiger partial charge is 0.225 e. The molecule has 1 aromatic heterocycles. The third-order valence-electron chi connectivity index (χ3n) is 5.89. The minimum Gasteiger partial charge on any atom is -0.369 e. The highest BCUT2D eigenvalue weighted by Gasteiger charge is 2.23. The second kappa shape index (κ2) is 10.9. The van der Waals surface area contributed by atoms with E-state index in [-0.39, 0.29) is 0 Å². The Bertz CT molecular complexity index is 805. The molecule has 1 unspecified atom stereocenters. The number of benzene rings is 1. The lowest BCUT2D eigenvalue weighted by atomic mass is 10.3. The lowest BCUT2D eigenvalue weighted by Crippen LogP contribution is -2.48. The molecule has 4 rings (SSSR count). The molecule has 2 aliphatic rings. The van der Waals surface area contributed by atoms with Crippen molar-refractivity contribution in [1.29, 1.82) is 0 Å². The van der Waals surface area contributed by atoms with Gasteiger partial charge in [0.25, 0.3) is 0 Å². The number of para-hydroxylation sites is 1. The molecule has 1 aromatic carbocycles. The summed E-state index contributed by atoms with van der Waals surface area (Å²) in [6.45, 7) is 10.8. The average molecular weight is 423 g/mol. The molecule has 166 valence electrons. The number of hydrogen-bond donors (Lipinski definition) is 2. The summed E-state index contributed by atoms with van der Waals surface area (Å²) in [7, 11) is 0. The molecule has 2 fully saturated rings. The van der Waals surface area contributed by atoms with Crippen molar-refractivity contribution in [1.82, 2.24) is 25.5 Å². The quantitative estimate of drug-likeness (QED) is 0.517. The van der Waals surface area contributed by atoms with E-state index in [0.29, 0.717) is 6.04 Å². The van der Waals surface area contributed by atoms with Gasteiger partial charge < -0.3 is 20.4 Å². The molecule has 0 aliphatic carbocycles. The number of aromatic nitrogens is 2. The molecule has 3 heterocycles. The summed E-state index contributed by atoms with van der Waals surface area (Å²) in [6, 6.07) is 12.9. The molecular formula is C23H34N8. The SMILES string of the molecule is CCNC(=NCCN1CCN(c2ncccn2)CC1)NC1CCN(c2ccccc2)C1. The fourth-order valence-corrected chi connectivity index (χ4v) is 4.19. The van der Waals surface area contributed by atoms with E-state index in [1.807, 2.05) is 18.5 Å². The Labute approximate surface area is 185 Å². The van der Waals surface area contributed by atoms with Gasteiger partial charge >= 0.3 is 0 Å². The van der Waals surface area contributed by atoms with E-state index in [1.165, 1.54) is 5.69 Å². The first kappa shape index (κ1) is 21.4. The van der Waals surface area contributed by atoms with Crippen LogP contribution in [0.1, 0.15) is 13.3 Å². The van der Waals surface area contributed by atoms with Crippen molar-refractivity contribution in [2.24, 2.45) is 4.99 Å². The average Bonchev–Trinajstić information content (AvgIpc) is 3.29. The number of anilines is 2. The highest BCUT2D eigenvalue weighted by atomic mass is 15.3. The van der Waals surface area contributed by atoms with Crippen molar-refractivity contribution in [3.05, 3.63) is 48.8 Å². The van der Waals surface area contributed by atoms with Crippen LogP contribution in [-0.2, 0) is 0 Å². The Morgan fingerprint density at radius 2 is 1.77 bits per heavy atom. The van der Waals surface area contributed by atoms with E-state index in [9.17, 15) is 0 Å². The van der Waals surface area contributed by atoms with Crippen molar-refractivity contribution in [3.63, 3.8) is 0 Å². The third kappa shape index (κ3) is 6.07. The van der Waals surface area contributed by atoms with Crippen LogP contribution in [0.5, 0.6) is 0 Å². The number of nitrogens with zero attached hydrogens (tertiary/aromatic N) is 6. The lowest BCUT2D eigenvalue weighted by Gasteiger charge is -2.34. The number of guanidine groups is 1. The minimum atomic E-state index is 0.424. The fraction of sp³-hybridized carbons (Fsp3) is 0.522. The predicted molar refractivity (Wildman–Crippen MR) is 127 cm³/mol. The molecule has 0 saturated carbocycles. The zero-order valence-corrected chi connectivity index (χ0v) is 18.5. The first-order valence-electron chi connectivity index (χ1n) is 11.4. The molecule has 2 saturated heterocycles. The van der Waals surface area contributed by atoms with Crippen LogP contribution in [0.25, 0.3) is 0 Å². The third-order valence-corrected chi connectivity index (χ3v) is 5.89. The molecule has 2 aliphatic heterocycles. The van der Waals surface area contributed by atoms with Gasteiger partial charge in [0.15, 0.2) is 5.96 Å². The fourth-order valence-electron chi connectivity index (χ4n) is 4.19. The highest BCUT2D eigenvalue weighted by molar-refractivity contribution is 5.80. The van der Waals surface area contributed by atoms with Crippen molar-refractivity contribution in [3.8, 4) is 0 Å². The molecular weight excluding hydrogens is 388 g/mol. The van der Waals surface area contributed by atoms with E-state index in [2.05, 4.69) is 72.6 Å². The number of nitrogens with one attached hydrogen (secondary N) is 2. The maximum atomic E-state index is 4.84. The van der Waals surface area contributed by atoms with Crippen LogP contribution in [0.2, 0.25) is 0 Å². The van der Waals surface area contributed by atoms with Gasteiger partial charge in [0.1, 0.15) is 0 Å².